The topological polar surface area (TPSA) is 131 Å². The number of urea groups is 1. The van der Waals surface area contributed by atoms with E-state index in [0.717, 1.165) is 8.66 Å². The van der Waals surface area contributed by atoms with E-state index in [4.69, 9.17) is 14.2 Å². The van der Waals surface area contributed by atoms with E-state index in [9.17, 15) is 14.7 Å². The minimum Gasteiger partial charge on any atom is -0.490 e. The molecule has 12 heteroatoms. The van der Waals surface area contributed by atoms with Crippen molar-refractivity contribution in [1.29, 1.82) is 0 Å². The van der Waals surface area contributed by atoms with Gasteiger partial charge in [0.2, 0.25) is 0 Å². The number of ether oxygens (including phenoxy) is 3. The summed E-state index contributed by atoms with van der Waals surface area (Å²) in [6, 6.07) is 7.68. The zero-order valence-corrected chi connectivity index (χ0v) is 21.2. The van der Waals surface area contributed by atoms with Gasteiger partial charge in [0.1, 0.15) is 6.61 Å². The molecule has 3 rings (SSSR count). The van der Waals surface area contributed by atoms with Crippen molar-refractivity contribution in [2.45, 2.75) is 26.1 Å². The van der Waals surface area contributed by atoms with Crippen LogP contribution in [0.25, 0.3) is 0 Å². The van der Waals surface area contributed by atoms with Crippen molar-refractivity contribution in [2.24, 2.45) is 5.10 Å². The number of nitrogens with one attached hydrogen (secondary N) is 3. The first-order chi connectivity index (χ1) is 16.3. The van der Waals surface area contributed by atoms with Gasteiger partial charge in [0.15, 0.2) is 17.7 Å². The molecule has 34 heavy (non-hydrogen) atoms. The maximum atomic E-state index is 12.3. The maximum Gasteiger partial charge on any atom is 0.337 e. The van der Waals surface area contributed by atoms with Crippen LogP contribution in [0.5, 0.6) is 11.5 Å². The predicted octanol–water partition coefficient (Wildman–Crippen LogP) is 3.03. The highest BCUT2D eigenvalue weighted by Gasteiger charge is 2.32. The fourth-order valence-corrected chi connectivity index (χ4v) is 4.50. The van der Waals surface area contributed by atoms with Crippen LogP contribution in [0.15, 0.2) is 50.5 Å². The van der Waals surface area contributed by atoms with Gasteiger partial charge in [-0.05, 0) is 59.6 Å². The monoisotopic (exact) mass is 552 g/mol. The molecule has 0 aliphatic carbocycles. The molecule has 0 unspecified atom stereocenters. The summed E-state index contributed by atoms with van der Waals surface area (Å²) in [7, 11) is 1.28. The molecule has 0 radical (unpaired) electrons. The van der Waals surface area contributed by atoms with Gasteiger partial charge < -0.3 is 30.0 Å². The lowest BCUT2D eigenvalue weighted by molar-refractivity contribution is -0.136. The van der Waals surface area contributed by atoms with Crippen molar-refractivity contribution in [2.75, 3.05) is 20.3 Å². The molecular formula is C22H25BrN4O6S. The second-order valence-corrected chi connectivity index (χ2v) is 9.55. The van der Waals surface area contributed by atoms with Gasteiger partial charge in [-0.3, -0.25) is 5.43 Å². The number of hydrogen-bond donors (Lipinski definition) is 4. The van der Waals surface area contributed by atoms with Crippen LogP contribution < -0.4 is 25.5 Å². The zero-order valence-electron chi connectivity index (χ0n) is 18.8. The zero-order chi connectivity index (χ0) is 24.7. The molecular weight excluding hydrogens is 528 g/mol. The van der Waals surface area contributed by atoms with Crippen LogP contribution in [0.4, 0.5) is 4.79 Å². The van der Waals surface area contributed by atoms with Gasteiger partial charge in [0.25, 0.3) is 0 Å². The van der Waals surface area contributed by atoms with Crippen molar-refractivity contribution < 1.29 is 28.9 Å². The summed E-state index contributed by atoms with van der Waals surface area (Å²) in [5, 5.41) is 19.5. The van der Waals surface area contributed by atoms with E-state index in [-0.39, 0.29) is 12.2 Å². The Labute approximate surface area is 209 Å². The molecule has 4 N–H and O–H groups in total. The number of hydrogen-bond acceptors (Lipinski definition) is 9. The van der Waals surface area contributed by atoms with Crippen LogP contribution in [0.1, 0.15) is 30.3 Å². The highest BCUT2D eigenvalue weighted by molar-refractivity contribution is 9.11. The van der Waals surface area contributed by atoms with Gasteiger partial charge in [-0.15, -0.1) is 11.3 Å². The van der Waals surface area contributed by atoms with Crippen molar-refractivity contribution in [3.63, 3.8) is 0 Å². The molecule has 0 spiro atoms. The van der Waals surface area contributed by atoms with E-state index < -0.39 is 24.3 Å². The Bertz CT molecular complexity index is 1100. The van der Waals surface area contributed by atoms with Crippen LogP contribution in [0, 0.1) is 0 Å². The quantitative estimate of drug-likeness (QED) is 0.154. The molecule has 1 aromatic carbocycles. The number of aliphatic hydroxyl groups excluding tert-OH is 1. The molecule has 182 valence electrons. The number of aliphatic hydroxyl groups is 1. The number of carbonyl (C=O) groups is 2. The number of methoxy groups -OCH3 is 1. The first-order valence-corrected chi connectivity index (χ1v) is 11.9. The minimum atomic E-state index is -1.06. The van der Waals surface area contributed by atoms with Crippen molar-refractivity contribution in [3.8, 4) is 11.5 Å². The van der Waals surface area contributed by atoms with Gasteiger partial charge in [0, 0.05) is 10.6 Å². The van der Waals surface area contributed by atoms with Gasteiger partial charge in [-0.1, -0.05) is 6.07 Å². The van der Waals surface area contributed by atoms with Crippen molar-refractivity contribution in [3.05, 3.63) is 55.8 Å². The number of carbonyl (C=O) groups excluding carboxylic acids is 2. The number of thiophene rings is 1. The third-order valence-corrected chi connectivity index (χ3v) is 6.24. The fraction of sp³-hybridized carbons (Fsp3) is 0.318. The molecule has 2 atom stereocenters. The SMILES string of the molecule is CCOc1cc([C@H]2NC(=O)NC(C)=C2C(=O)OC)ccc1OC[C@H](O)N/N=C\c1ccc(Br)s1. The third-order valence-electron chi connectivity index (χ3n) is 4.68. The lowest BCUT2D eigenvalue weighted by atomic mass is 9.95. The summed E-state index contributed by atoms with van der Waals surface area (Å²) in [6.07, 6.45) is 0.537. The predicted molar refractivity (Wildman–Crippen MR) is 131 cm³/mol. The number of allylic oxidation sites excluding steroid dienone is 1. The molecule has 0 saturated carbocycles. The number of hydrazone groups is 1. The number of nitrogens with zero attached hydrogens (tertiary/aromatic N) is 1. The lowest BCUT2D eigenvalue weighted by Crippen LogP contribution is -2.45. The molecule has 10 nitrogen and oxygen atoms in total. The Morgan fingerprint density at radius 3 is 2.79 bits per heavy atom. The number of esters is 1. The Balaban J connectivity index is 1.72. The molecule has 2 aromatic rings. The summed E-state index contributed by atoms with van der Waals surface area (Å²) in [6.45, 7) is 3.72. The normalized spacial score (nSPS) is 16.6. The molecule has 0 fully saturated rings. The Morgan fingerprint density at radius 2 is 2.12 bits per heavy atom. The molecule has 2 amide bonds. The number of amides is 2. The van der Waals surface area contributed by atoms with Crippen LogP contribution in [0.2, 0.25) is 0 Å². The number of halogens is 1. The molecule has 1 aliphatic heterocycles. The Morgan fingerprint density at radius 1 is 1.32 bits per heavy atom. The van der Waals surface area contributed by atoms with Gasteiger partial charge >= 0.3 is 12.0 Å². The first-order valence-electron chi connectivity index (χ1n) is 10.3. The van der Waals surface area contributed by atoms with Gasteiger partial charge in [-0.25, -0.2) is 9.59 Å². The average molecular weight is 553 g/mol. The van der Waals surface area contributed by atoms with E-state index in [1.54, 1.807) is 31.3 Å². The molecule has 0 saturated heterocycles. The van der Waals surface area contributed by atoms with E-state index in [1.165, 1.54) is 18.4 Å². The average Bonchev–Trinajstić information content (AvgIpc) is 3.22. The van der Waals surface area contributed by atoms with E-state index >= 15 is 0 Å². The second kappa shape index (κ2) is 11.9. The summed E-state index contributed by atoms with van der Waals surface area (Å²) >= 11 is 4.89. The smallest absolute Gasteiger partial charge is 0.337 e. The molecule has 1 aromatic heterocycles. The van der Waals surface area contributed by atoms with Gasteiger partial charge in [-0.2, -0.15) is 5.10 Å². The maximum absolute atomic E-state index is 12.3. The van der Waals surface area contributed by atoms with Crippen LogP contribution in [-0.4, -0.2) is 49.9 Å². The molecule has 2 heterocycles. The van der Waals surface area contributed by atoms with E-state index in [2.05, 4.69) is 37.1 Å². The van der Waals surface area contributed by atoms with Gasteiger partial charge in [0.05, 0.1) is 35.3 Å². The summed E-state index contributed by atoms with van der Waals surface area (Å²) in [4.78, 5) is 25.3. The highest BCUT2D eigenvalue weighted by atomic mass is 79.9. The fourth-order valence-electron chi connectivity index (χ4n) is 3.21. The minimum absolute atomic E-state index is 0.0958. The van der Waals surface area contributed by atoms with Crippen LogP contribution in [-0.2, 0) is 9.53 Å². The van der Waals surface area contributed by atoms with Crippen molar-refractivity contribution >= 4 is 45.5 Å². The number of rotatable bonds is 10. The second-order valence-electron chi connectivity index (χ2n) is 7.06. The Hall–Kier alpha value is -3.09. The van der Waals surface area contributed by atoms with E-state index in [1.807, 2.05) is 19.1 Å². The Kier molecular flexibility index (Phi) is 8.91. The molecule has 1 aliphatic rings. The summed E-state index contributed by atoms with van der Waals surface area (Å²) in [5.74, 6) is 0.227. The summed E-state index contributed by atoms with van der Waals surface area (Å²) in [5.41, 5.74) is 3.90. The standard InChI is InChI=1S/C22H25BrN4O6S/c1-4-32-16-9-13(20-19(21(29)31-3)12(2)25-22(30)26-20)5-7-15(16)33-11-18(28)27-24-10-14-6-8-17(23)34-14/h5-10,18,20,27-28H,4,11H2,1-3H3,(H2,25,26,30)/b24-10-/t18-,20+/m0/s1. The largest absolute Gasteiger partial charge is 0.490 e. The van der Waals surface area contributed by atoms with Crippen LogP contribution >= 0.6 is 27.3 Å². The van der Waals surface area contributed by atoms with Crippen LogP contribution in [0.3, 0.4) is 0 Å². The summed E-state index contributed by atoms with van der Waals surface area (Å²) < 4.78 is 17.3. The third kappa shape index (κ3) is 6.49. The van der Waals surface area contributed by atoms with Crippen molar-refractivity contribution in [1.82, 2.24) is 16.1 Å². The van der Waals surface area contributed by atoms with E-state index in [0.29, 0.717) is 29.4 Å². The molecule has 0 bridgehead atoms. The highest BCUT2D eigenvalue weighted by Crippen LogP contribution is 2.34. The number of benzene rings is 1. The first kappa shape index (κ1) is 25.5. The lowest BCUT2D eigenvalue weighted by Gasteiger charge is -2.28.